The van der Waals surface area contributed by atoms with Crippen LogP contribution in [0.1, 0.15) is 35.1 Å². The van der Waals surface area contributed by atoms with Crippen molar-refractivity contribution < 1.29 is 4.74 Å². The summed E-state index contributed by atoms with van der Waals surface area (Å²) in [5.74, 6) is 0.00894. The first kappa shape index (κ1) is 19.2. The van der Waals surface area contributed by atoms with Crippen molar-refractivity contribution in [2.75, 3.05) is 6.61 Å². The molecule has 0 saturated carbocycles. The first-order chi connectivity index (χ1) is 14.4. The highest BCUT2D eigenvalue weighted by Gasteiger charge is 2.44. The van der Waals surface area contributed by atoms with Gasteiger partial charge < -0.3 is 4.74 Å². The third-order valence-electron chi connectivity index (χ3n) is 5.45. The molecule has 4 aromatic carbocycles. The molecule has 1 nitrogen and oxygen atoms in total. The van der Waals surface area contributed by atoms with E-state index in [1.807, 2.05) is 0 Å². The molecule has 144 valence electrons. The number of hydrogen-bond donors (Lipinski definition) is 0. The Kier molecular flexibility index (Phi) is 5.88. The smallest absolute Gasteiger partial charge is 0.129 e. The largest absolute Gasteiger partial charge is 0.365 e. The van der Waals surface area contributed by atoms with Gasteiger partial charge >= 0.3 is 0 Å². The Morgan fingerprint density at radius 3 is 1.24 bits per heavy atom. The molecule has 0 aromatic heterocycles. The number of hydrogen-bond acceptors (Lipinski definition) is 1. The molecule has 0 fully saturated rings. The van der Waals surface area contributed by atoms with Crippen molar-refractivity contribution in [3.63, 3.8) is 0 Å². The van der Waals surface area contributed by atoms with Gasteiger partial charge in [-0.3, -0.25) is 0 Å². The fraction of sp³-hybridized carbons (Fsp3) is 0.143. The summed E-state index contributed by atoms with van der Waals surface area (Å²) in [5, 5.41) is 0. The summed E-state index contributed by atoms with van der Waals surface area (Å²) >= 11 is 0. The molecule has 0 radical (unpaired) electrons. The summed E-state index contributed by atoms with van der Waals surface area (Å²) in [6.45, 7) is 2.69. The van der Waals surface area contributed by atoms with Gasteiger partial charge in [-0.15, -0.1) is 0 Å². The SMILES string of the molecule is CCOC(c1ccccc1)(c1ccccc1)C(c1ccccc1)c1ccccc1. The van der Waals surface area contributed by atoms with E-state index in [9.17, 15) is 0 Å². The van der Waals surface area contributed by atoms with E-state index >= 15 is 0 Å². The van der Waals surface area contributed by atoms with Crippen LogP contribution in [-0.4, -0.2) is 6.61 Å². The summed E-state index contributed by atoms with van der Waals surface area (Å²) in [7, 11) is 0. The summed E-state index contributed by atoms with van der Waals surface area (Å²) < 4.78 is 6.77. The predicted octanol–water partition coefficient (Wildman–Crippen LogP) is 6.80. The van der Waals surface area contributed by atoms with Crippen molar-refractivity contribution in [2.24, 2.45) is 0 Å². The Balaban J connectivity index is 2.06. The second-order valence-electron chi connectivity index (χ2n) is 7.16. The topological polar surface area (TPSA) is 9.23 Å². The standard InChI is InChI=1S/C28H26O/c1-2-29-28(25-19-11-5-12-20-25,26-21-13-6-14-22-26)27(23-15-7-3-8-16-23)24-17-9-4-10-18-24/h3-22,27H,2H2,1H3. The normalized spacial score (nSPS) is 11.5. The number of benzene rings is 4. The second-order valence-corrected chi connectivity index (χ2v) is 7.16. The predicted molar refractivity (Wildman–Crippen MR) is 120 cm³/mol. The molecule has 0 bridgehead atoms. The number of ether oxygens (including phenoxy) is 1. The first-order valence-electron chi connectivity index (χ1n) is 10.2. The van der Waals surface area contributed by atoms with Gasteiger partial charge in [0.25, 0.3) is 0 Å². The Bertz CT molecular complexity index is 916. The van der Waals surface area contributed by atoms with Crippen LogP contribution < -0.4 is 0 Å². The zero-order valence-electron chi connectivity index (χ0n) is 16.7. The van der Waals surface area contributed by atoms with E-state index in [1.165, 1.54) is 11.1 Å². The van der Waals surface area contributed by atoms with Crippen molar-refractivity contribution in [1.82, 2.24) is 0 Å². The van der Waals surface area contributed by atoms with Gasteiger partial charge in [0, 0.05) is 12.5 Å². The fourth-order valence-electron chi connectivity index (χ4n) is 4.30. The summed E-state index contributed by atoms with van der Waals surface area (Å²) in [6, 6.07) is 42.6. The van der Waals surface area contributed by atoms with Gasteiger partial charge in [-0.05, 0) is 29.2 Å². The van der Waals surface area contributed by atoms with Crippen LogP contribution >= 0.6 is 0 Å². The van der Waals surface area contributed by atoms with Crippen LogP contribution in [0.5, 0.6) is 0 Å². The van der Waals surface area contributed by atoms with E-state index in [4.69, 9.17) is 4.74 Å². The maximum absolute atomic E-state index is 6.77. The highest BCUT2D eigenvalue weighted by Crippen LogP contribution is 2.49. The monoisotopic (exact) mass is 378 g/mol. The van der Waals surface area contributed by atoms with Crippen molar-refractivity contribution in [2.45, 2.75) is 18.4 Å². The Hall–Kier alpha value is -3.16. The van der Waals surface area contributed by atoms with Crippen molar-refractivity contribution in [3.05, 3.63) is 144 Å². The molecular weight excluding hydrogens is 352 g/mol. The molecule has 4 aromatic rings. The second kappa shape index (κ2) is 8.89. The average Bonchev–Trinajstić information content (AvgIpc) is 2.81. The molecule has 0 N–H and O–H groups in total. The Labute approximate surface area is 173 Å². The lowest BCUT2D eigenvalue weighted by Gasteiger charge is -2.42. The molecule has 0 atom stereocenters. The zero-order chi connectivity index (χ0) is 19.9. The molecule has 0 spiro atoms. The average molecular weight is 379 g/mol. The molecule has 0 aliphatic rings. The van der Waals surface area contributed by atoms with Gasteiger partial charge in [0.05, 0.1) is 0 Å². The molecule has 0 aliphatic heterocycles. The molecule has 0 aliphatic carbocycles. The van der Waals surface area contributed by atoms with Crippen molar-refractivity contribution >= 4 is 0 Å². The highest BCUT2D eigenvalue weighted by atomic mass is 16.5. The van der Waals surface area contributed by atoms with Gasteiger partial charge in [-0.1, -0.05) is 121 Å². The lowest BCUT2D eigenvalue weighted by molar-refractivity contribution is -0.0239. The Morgan fingerprint density at radius 2 is 0.897 bits per heavy atom. The summed E-state index contributed by atoms with van der Waals surface area (Å²) in [6.07, 6.45) is 0. The minimum Gasteiger partial charge on any atom is -0.365 e. The fourth-order valence-corrected chi connectivity index (χ4v) is 4.30. The van der Waals surface area contributed by atoms with Crippen LogP contribution in [0.25, 0.3) is 0 Å². The Morgan fingerprint density at radius 1 is 0.552 bits per heavy atom. The molecular formula is C28H26O. The zero-order valence-corrected chi connectivity index (χ0v) is 16.7. The molecule has 0 heterocycles. The molecule has 1 heteroatoms. The molecule has 29 heavy (non-hydrogen) atoms. The van der Waals surface area contributed by atoms with E-state index in [2.05, 4.69) is 128 Å². The molecule has 4 rings (SSSR count). The van der Waals surface area contributed by atoms with Gasteiger partial charge in [-0.25, -0.2) is 0 Å². The molecule has 0 saturated heterocycles. The van der Waals surface area contributed by atoms with Crippen LogP contribution in [0.4, 0.5) is 0 Å². The van der Waals surface area contributed by atoms with Gasteiger partial charge in [0.1, 0.15) is 5.60 Å². The van der Waals surface area contributed by atoms with E-state index in [-0.39, 0.29) is 5.92 Å². The van der Waals surface area contributed by atoms with Gasteiger partial charge in [0.2, 0.25) is 0 Å². The highest BCUT2D eigenvalue weighted by molar-refractivity contribution is 5.48. The number of rotatable bonds is 7. The first-order valence-corrected chi connectivity index (χ1v) is 10.2. The van der Waals surface area contributed by atoms with Crippen LogP contribution in [-0.2, 0) is 10.3 Å². The van der Waals surface area contributed by atoms with Crippen LogP contribution in [0.15, 0.2) is 121 Å². The lowest BCUT2D eigenvalue weighted by atomic mass is 9.69. The van der Waals surface area contributed by atoms with E-state index in [0.29, 0.717) is 6.61 Å². The molecule has 0 unspecified atom stereocenters. The lowest BCUT2D eigenvalue weighted by Crippen LogP contribution is -2.39. The van der Waals surface area contributed by atoms with Crippen LogP contribution in [0.3, 0.4) is 0 Å². The third-order valence-corrected chi connectivity index (χ3v) is 5.45. The minimum absolute atomic E-state index is 0.00894. The van der Waals surface area contributed by atoms with Crippen LogP contribution in [0, 0.1) is 0 Å². The van der Waals surface area contributed by atoms with Gasteiger partial charge in [-0.2, -0.15) is 0 Å². The van der Waals surface area contributed by atoms with E-state index in [1.54, 1.807) is 0 Å². The van der Waals surface area contributed by atoms with Gasteiger partial charge in [0.15, 0.2) is 0 Å². The van der Waals surface area contributed by atoms with Crippen LogP contribution in [0.2, 0.25) is 0 Å². The van der Waals surface area contributed by atoms with E-state index < -0.39 is 5.60 Å². The quantitative estimate of drug-likeness (QED) is 0.344. The van der Waals surface area contributed by atoms with E-state index in [0.717, 1.165) is 11.1 Å². The maximum Gasteiger partial charge on any atom is 0.129 e. The summed E-state index contributed by atoms with van der Waals surface area (Å²) in [4.78, 5) is 0. The minimum atomic E-state index is -0.639. The maximum atomic E-state index is 6.77. The third kappa shape index (κ3) is 3.74. The molecule has 0 amide bonds. The summed E-state index contributed by atoms with van der Waals surface area (Å²) in [5.41, 5.74) is 4.15. The van der Waals surface area contributed by atoms with Crippen molar-refractivity contribution in [1.29, 1.82) is 0 Å². The van der Waals surface area contributed by atoms with Crippen molar-refractivity contribution in [3.8, 4) is 0 Å².